The molecule has 0 unspecified atom stereocenters. The standard InChI is InChI=1S/C19H28N4O2/c1-6-21-17(24)19(2,3)13-22-18(20-4)23(5)12-15-11-14-9-7-8-10-16(14)25-15/h7-11H,6,12-13H2,1-5H3,(H,20,22)(H,21,24). The maximum Gasteiger partial charge on any atom is 0.227 e. The van der Waals surface area contributed by atoms with E-state index in [-0.39, 0.29) is 5.91 Å². The summed E-state index contributed by atoms with van der Waals surface area (Å²) >= 11 is 0. The average molecular weight is 344 g/mol. The lowest BCUT2D eigenvalue weighted by molar-refractivity contribution is -0.128. The van der Waals surface area contributed by atoms with Crippen LogP contribution in [-0.2, 0) is 11.3 Å². The number of hydrogen-bond acceptors (Lipinski definition) is 3. The van der Waals surface area contributed by atoms with Crippen LogP contribution in [0.2, 0.25) is 0 Å². The number of rotatable bonds is 6. The summed E-state index contributed by atoms with van der Waals surface area (Å²) in [7, 11) is 3.68. The molecular weight excluding hydrogens is 316 g/mol. The quantitative estimate of drug-likeness (QED) is 0.624. The number of benzene rings is 1. The Morgan fingerprint density at radius 3 is 2.64 bits per heavy atom. The molecule has 1 heterocycles. The number of hydrogen-bond donors (Lipinski definition) is 2. The van der Waals surface area contributed by atoms with Crippen LogP contribution in [0.4, 0.5) is 0 Å². The van der Waals surface area contributed by atoms with E-state index in [0.717, 1.165) is 22.7 Å². The maximum atomic E-state index is 12.1. The molecule has 0 bridgehead atoms. The van der Waals surface area contributed by atoms with Crippen molar-refractivity contribution in [2.24, 2.45) is 10.4 Å². The first kappa shape index (κ1) is 18.8. The first-order valence-electron chi connectivity index (χ1n) is 8.55. The van der Waals surface area contributed by atoms with Crippen LogP contribution in [0, 0.1) is 5.41 Å². The van der Waals surface area contributed by atoms with Crippen LogP contribution in [0.15, 0.2) is 39.7 Å². The van der Waals surface area contributed by atoms with Crippen molar-refractivity contribution in [2.75, 3.05) is 27.2 Å². The first-order valence-corrected chi connectivity index (χ1v) is 8.55. The van der Waals surface area contributed by atoms with Crippen LogP contribution in [0.1, 0.15) is 26.5 Å². The number of nitrogens with zero attached hydrogens (tertiary/aromatic N) is 2. The topological polar surface area (TPSA) is 69.9 Å². The molecule has 2 aromatic rings. The van der Waals surface area contributed by atoms with Crippen molar-refractivity contribution in [2.45, 2.75) is 27.3 Å². The number of nitrogens with one attached hydrogen (secondary N) is 2. The van der Waals surface area contributed by atoms with Gasteiger partial charge in [0.15, 0.2) is 5.96 Å². The zero-order chi connectivity index (χ0) is 18.4. The van der Waals surface area contributed by atoms with E-state index in [0.29, 0.717) is 19.6 Å². The summed E-state index contributed by atoms with van der Waals surface area (Å²) in [6.07, 6.45) is 0. The molecule has 6 heteroatoms. The van der Waals surface area contributed by atoms with Crippen molar-refractivity contribution >= 4 is 22.8 Å². The van der Waals surface area contributed by atoms with Gasteiger partial charge in [-0.05, 0) is 32.9 Å². The first-order chi connectivity index (χ1) is 11.9. The van der Waals surface area contributed by atoms with Gasteiger partial charge >= 0.3 is 0 Å². The zero-order valence-electron chi connectivity index (χ0n) is 15.7. The summed E-state index contributed by atoms with van der Waals surface area (Å²) in [5.74, 6) is 1.62. The summed E-state index contributed by atoms with van der Waals surface area (Å²) in [5, 5.41) is 7.23. The second kappa shape index (κ2) is 8.05. The lowest BCUT2D eigenvalue weighted by Gasteiger charge is -2.27. The lowest BCUT2D eigenvalue weighted by atomic mass is 9.92. The molecule has 1 aromatic carbocycles. The van der Waals surface area contributed by atoms with Crippen molar-refractivity contribution < 1.29 is 9.21 Å². The van der Waals surface area contributed by atoms with Crippen LogP contribution in [-0.4, -0.2) is 44.0 Å². The third kappa shape index (κ3) is 4.75. The fraction of sp³-hybridized carbons (Fsp3) is 0.474. The van der Waals surface area contributed by atoms with E-state index >= 15 is 0 Å². The van der Waals surface area contributed by atoms with Gasteiger partial charge in [0.05, 0.1) is 12.0 Å². The minimum atomic E-state index is -0.522. The molecule has 0 aliphatic heterocycles. The molecule has 1 amide bonds. The number of fused-ring (bicyclic) bond motifs is 1. The second-order valence-electron chi connectivity index (χ2n) is 6.75. The minimum Gasteiger partial charge on any atom is -0.459 e. The Bertz CT molecular complexity index is 716. The van der Waals surface area contributed by atoms with E-state index in [1.54, 1.807) is 7.05 Å². The molecule has 1 aromatic heterocycles. The van der Waals surface area contributed by atoms with Crippen LogP contribution < -0.4 is 10.6 Å². The summed E-state index contributed by atoms with van der Waals surface area (Å²) in [4.78, 5) is 18.4. The van der Waals surface area contributed by atoms with E-state index in [9.17, 15) is 4.79 Å². The lowest BCUT2D eigenvalue weighted by Crippen LogP contribution is -2.48. The van der Waals surface area contributed by atoms with Gasteiger partial charge in [-0.25, -0.2) is 0 Å². The van der Waals surface area contributed by atoms with Crippen LogP contribution >= 0.6 is 0 Å². The largest absolute Gasteiger partial charge is 0.459 e. The molecule has 0 saturated heterocycles. The molecule has 0 spiro atoms. The van der Waals surface area contributed by atoms with Gasteiger partial charge < -0.3 is 20.0 Å². The van der Waals surface area contributed by atoms with E-state index in [4.69, 9.17) is 4.42 Å². The highest BCUT2D eigenvalue weighted by Crippen LogP contribution is 2.20. The van der Waals surface area contributed by atoms with E-state index in [1.807, 2.05) is 63.1 Å². The van der Waals surface area contributed by atoms with Crippen molar-refractivity contribution in [3.05, 3.63) is 36.1 Å². The van der Waals surface area contributed by atoms with Gasteiger partial charge in [-0.3, -0.25) is 9.79 Å². The molecule has 0 fully saturated rings. The minimum absolute atomic E-state index is 0.0258. The third-order valence-corrected chi connectivity index (χ3v) is 4.08. The monoisotopic (exact) mass is 344 g/mol. The van der Waals surface area contributed by atoms with E-state index in [2.05, 4.69) is 15.6 Å². The highest BCUT2D eigenvalue weighted by atomic mass is 16.3. The third-order valence-electron chi connectivity index (χ3n) is 4.08. The summed E-state index contributed by atoms with van der Waals surface area (Å²) < 4.78 is 5.86. The summed E-state index contributed by atoms with van der Waals surface area (Å²) in [5.41, 5.74) is 0.359. The zero-order valence-corrected chi connectivity index (χ0v) is 15.7. The molecular formula is C19H28N4O2. The van der Waals surface area contributed by atoms with Crippen molar-refractivity contribution in [3.63, 3.8) is 0 Å². The van der Waals surface area contributed by atoms with Gasteiger partial charge in [0.25, 0.3) is 0 Å². The summed E-state index contributed by atoms with van der Waals surface area (Å²) in [6.45, 7) is 7.46. The number of guanidine groups is 1. The van der Waals surface area contributed by atoms with Gasteiger partial charge in [-0.1, -0.05) is 18.2 Å². The second-order valence-corrected chi connectivity index (χ2v) is 6.75. The molecule has 0 saturated carbocycles. The number of furan rings is 1. The normalized spacial score (nSPS) is 12.3. The van der Waals surface area contributed by atoms with Gasteiger partial charge in [0, 0.05) is 32.6 Å². The number of aliphatic imine (C=N–C) groups is 1. The Hall–Kier alpha value is -2.50. The fourth-order valence-corrected chi connectivity index (χ4v) is 2.59. The average Bonchev–Trinajstić information content (AvgIpc) is 2.97. The highest BCUT2D eigenvalue weighted by Gasteiger charge is 2.27. The van der Waals surface area contributed by atoms with Crippen LogP contribution in [0.3, 0.4) is 0 Å². The van der Waals surface area contributed by atoms with Gasteiger partial charge in [-0.2, -0.15) is 0 Å². The van der Waals surface area contributed by atoms with Gasteiger partial charge in [0.2, 0.25) is 5.91 Å². The SMILES string of the molecule is CCNC(=O)C(C)(C)CNC(=NC)N(C)Cc1cc2ccccc2o1. The Morgan fingerprint density at radius 2 is 2.00 bits per heavy atom. The van der Waals surface area contributed by atoms with E-state index in [1.165, 1.54) is 0 Å². The molecule has 2 N–H and O–H groups in total. The smallest absolute Gasteiger partial charge is 0.227 e. The van der Waals surface area contributed by atoms with Crippen molar-refractivity contribution in [1.29, 1.82) is 0 Å². The molecule has 136 valence electrons. The van der Waals surface area contributed by atoms with Gasteiger partial charge in [0.1, 0.15) is 11.3 Å². The van der Waals surface area contributed by atoms with E-state index < -0.39 is 5.41 Å². The Kier molecular flexibility index (Phi) is 6.07. The number of para-hydroxylation sites is 1. The Labute approximate surface area is 149 Å². The molecule has 25 heavy (non-hydrogen) atoms. The van der Waals surface area contributed by atoms with Crippen molar-refractivity contribution in [1.82, 2.24) is 15.5 Å². The predicted octanol–water partition coefficient (Wildman–Crippen LogP) is 2.60. The van der Waals surface area contributed by atoms with Gasteiger partial charge in [-0.15, -0.1) is 0 Å². The highest BCUT2D eigenvalue weighted by molar-refractivity contribution is 5.84. The maximum absolute atomic E-state index is 12.1. The molecule has 0 atom stereocenters. The molecule has 0 radical (unpaired) electrons. The number of carbonyl (C=O) groups excluding carboxylic acids is 1. The fourth-order valence-electron chi connectivity index (χ4n) is 2.59. The van der Waals surface area contributed by atoms with Crippen LogP contribution in [0.25, 0.3) is 11.0 Å². The number of amides is 1. The van der Waals surface area contributed by atoms with Crippen LogP contribution in [0.5, 0.6) is 0 Å². The predicted molar refractivity (Wildman–Crippen MR) is 102 cm³/mol. The molecule has 2 rings (SSSR count). The van der Waals surface area contributed by atoms with Crippen molar-refractivity contribution in [3.8, 4) is 0 Å². The Balaban J connectivity index is 1.98. The molecule has 0 aliphatic rings. The Morgan fingerprint density at radius 1 is 1.28 bits per heavy atom. The molecule has 6 nitrogen and oxygen atoms in total. The molecule has 0 aliphatic carbocycles. The number of carbonyl (C=O) groups is 1. The summed E-state index contributed by atoms with van der Waals surface area (Å²) in [6, 6.07) is 9.99.